The third-order valence-electron chi connectivity index (χ3n) is 4.75. The lowest BCUT2D eigenvalue weighted by Crippen LogP contribution is -2.39. The average Bonchev–Trinajstić information content (AvgIpc) is 2.97. The van der Waals surface area contributed by atoms with E-state index in [-0.39, 0.29) is 5.56 Å². The predicted octanol–water partition coefficient (Wildman–Crippen LogP) is 2.48. The van der Waals surface area contributed by atoms with E-state index in [9.17, 15) is 4.79 Å². The van der Waals surface area contributed by atoms with Crippen molar-refractivity contribution < 1.29 is 9.26 Å². The molecule has 3 aromatic rings. The highest BCUT2D eigenvalue weighted by Gasteiger charge is 2.27. The van der Waals surface area contributed by atoms with Crippen LogP contribution < -0.4 is 16.3 Å². The van der Waals surface area contributed by atoms with E-state index in [2.05, 4.69) is 10.1 Å². The molecule has 3 heterocycles. The maximum Gasteiger partial charge on any atom is 0.279 e. The maximum atomic E-state index is 13.2. The molecule has 1 fully saturated rings. The van der Waals surface area contributed by atoms with Crippen LogP contribution in [-0.2, 0) is 4.74 Å². The summed E-state index contributed by atoms with van der Waals surface area (Å²) in [6.07, 6.45) is 0. The van der Waals surface area contributed by atoms with Gasteiger partial charge in [-0.05, 0) is 32.0 Å². The molecule has 1 aliphatic rings. The van der Waals surface area contributed by atoms with Gasteiger partial charge in [-0.1, -0.05) is 16.8 Å². The predicted molar refractivity (Wildman–Crippen MR) is 101 cm³/mol. The maximum absolute atomic E-state index is 13.2. The van der Waals surface area contributed by atoms with Gasteiger partial charge in [-0.3, -0.25) is 4.79 Å². The van der Waals surface area contributed by atoms with E-state index in [1.165, 1.54) is 0 Å². The normalized spacial score (nSPS) is 15.0. The summed E-state index contributed by atoms with van der Waals surface area (Å²) < 4.78 is 12.0. The smallest absolute Gasteiger partial charge is 0.279 e. The summed E-state index contributed by atoms with van der Waals surface area (Å²) in [4.78, 5) is 15.4. The van der Waals surface area contributed by atoms with Gasteiger partial charge in [0.25, 0.3) is 5.56 Å². The fourth-order valence-corrected chi connectivity index (χ4v) is 3.73. The molecule has 136 valence electrons. The third-order valence-corrected chi connectivity index (χ3v) is 4.99. The number of fused-ring (bicyclic) bond motifs is 1. The fraction of sp³-hybridized carbons (Fsp3) is 0.333. The van der Waals surface area contributed by atoms with Crippen molar-refractivity contribution in [3.05, 3.63) is 45.0 Å². The van der Waals surface area contributed by atoms with Gasteiger partial charge in [0.1, 0.15) is 5.76 Å². The van der Waals surface area contributed by atoms with E-state index >= 15 is 0 Å². The third kappa shape index (κ3) is 2.55. The van der Waals surface area contributed by atoms with Gasteiger partial charge >= 0.3 is 0 Å². The molecule has 0 amide bonds. The second kappa shape index (κ2) is 6.34. The number of benzene rings is 1. The minimum absolute atomic E-state index is 0.296. The summed E-state index contributed by atoms with van der Waals surface area (Å²) in [7, 11) is 0. The minimum atomic E-state index is -0.296. The topological polar surface area (TPSA) is 86.5 Å². The molecule has 0 atom stereocenters. The lowest BCUT2D eigenvalue weighted by atomic mass is 9.99. The SMILES string of the molecule is Cc1noc(C)c1-c1c(N2CCOCC2)c2cc(Cl)ccc2n(N)c1=O. The number of nitrogens with zero attached hydrogens (tertiary/aromatic N) is 3. The van der Waals surface area contributed by atoms with Crippen LogP contribution in [0.1, 0.15) is 11.5 Å². The van der Waals surface area contributed by atoms with Gasteiger partial charge in [0.2, 0.25) is 0 Å². The molecule has 8 heteroatoms. The highest BCUT2D eigenvalue weighted by atomic mass is 35.5. The number of aromatic nitrogens is 2. The molecule has 0 aliphatic carbocycles. The molecule has 26 heavy (non-hydrogen) atoms. The van der Waals surface area contributed by atoms with E-state index in [0.29, 0.717) is 59.4 Å². The van der Waals surface area contributed by atoms with E-state index < -0.39 is 0 Å². The molecular formula is C18H19ClN4O3. The number of ether oxygens (including phenoxy) is 1. The first-order valence-corrected chi connectivity index (χ1v) is 8.76. The second-order valence-electron chi connectivity index (χ2n) is 6.36. The van der Waals surface area contributed by atoms with Crippen LogP contribution >= 0.6 is 11.6 Å². The van der Waals surface area contributed by atoms with Crippen molar-refractivity contribution in [1.29, 1.82) is 0 Å². The Balaban J connectivity index is 2.15. The molecule has 0 unspecified atom stereocenters. The van der Waals surface area contributed by atoms with Gasteiger partial charge in [0.05, 0.1) is 41.2 Å². The highest BCUT2D eigenvalue weighted by molar-refractivity contribution is 6.31. The van der Waals surface area contributed by atoms with E-state index in [0.717, 1.165) is 15.7 Å². The van der Waals surface area contributed by atoms with Gasteiger partial charge in [0, 0.05) is 23.5 Å². The first kappa shape index (κ1) is 16.9. The first-order chi connectivity index (χ1) is 12.5. The molecule has 4 rings (SSSR count). The number of hydrogen-bond acceptors (Lipinski definition) is 6. The number of anilines is 1. The van der Waals surface area contributed by atoms with Gasteiger partial charge in [0.15, 0.2) is 0 Å². The Labute approximate surface area is 154 Å². The Hall–Kier alpha value is -2.51. The summed E-state index contributed by atoms with van der Waals surface area (Å²) in [6, 6.07) is 5.33. The number of nitrogen functional groups attached to an aromatic ring is 1. The zero-order chi connectivity index (χ0) is 18.4. The van der Waals surface area contributed by atoms with Crippen molar-refractivity contribution in [3.8, 4) is 11.1 Å². The molecule has 7 nitrogen and oxygen atoms in total. The molecule has 2 aromatic heterocycles. The zero-order valence-corrected chi connectivity index (χ0v) is 15.3. The minimum Gasteiger partial charge on any atom is -0.378 e. The van der Waals surface area contributed by atoms with Crippen molar-refractivity contribution >= 4 is 28.2 Å². The fourth-order valence-electron chi connectivity index (χ4n) is 3.55. The number of pyridine rings is 1. The zero-order valence-electron chi connectivity index (χ0n) is 14.6. The number of aryl methyl sites for hydroxylation is 2. The molecule has 1 saturated heterocycles. The number of rotatable bonds is 2. The Kier molecular flexibility index (Phi) is 4.13. The summed E-state index contributed by atoms with van der Waals surface area (Å²) in [5.41, 5.74) is 2.94. The summed E-state index contributed by atoms with van der Waals surface area (Å²) in [5, 5.41) is 5.41. The van der Waals surface area contributed by atoms with Crippen LogP contribution in [0.2, 0.25) is 5.02 Å². The van der Waals surface area contributed by atoms with Crippen molar-refractivity contribution in [1.82, 2.24) is 9.83 Å². The van der Waals surface area contributed by atoms with Crippen molar-refractivity contribution in [2.75, 3.05) is 37.0 Å². The molecule has 2 N–H and O–H groups in total. The quantitative estimate of drug-likeness (QED) is 0.693. The monoisotopic (exact) mass is 374 g/mol. The first-order valence-electron chi connectivity index (χ1n) is 8.38. The van der Waals surface area contributed by atoms with Crippen LogP contribution in [0.25, 0.3) is 22.0 Å². The molecule has 0 bridgehead atoms. The van der Waals surface area contributed by atoms with Crippen LogP contribution in [0.15, 0.2) is 27.5 Å². The molecule has 0 spiro atoms. The second-order valence-corrected chi connectivity index (χ2v) is 6.80. The summed E-state index contributed by atoms with van der Waals surface area (Å²) in [5.74, 6) is 6.72. The van der Waals surface area contributed by atoms with Crippen molar-refractivity contribution in [2.45, 2.75) is 13.8 Å². The van der Waals surface area contributed by atoms with Gasteiger partial charge in [-0.25, -0.2) is 4.68 Å². The number of nitrogens with two attached hydrogens (primary N) is 1. The molecular weight excluding hydrogens is 356 g/mol. The van der Waals surface area contributed by atoms with E-state index in [4.69, 9.17) is 26.7 Å². The van der Waals surface area contributed by atoms with Crippen molar-refractivity contribution in [2.24, 2.45) is 0 Å². The number of halogens is 1. The van der Waals surface area contributed by atoms with Crippen LogP contribution in [0, 0.1) is 13.8 Å². The lowest BCUT2D eigenvalue weighted by molar-refractivity contribution is 0.123. The van der Waals surface area contributed by atoms with Crippen LogP contribution in [0.3, 0.4) is 0 Å². The number of hydrogen-bond donors (Lipinski definition) is 1. The Morgan fingerprint density at radius 1 is 1.19 bits per heavy atom. The molecule has 0 saturated carbocycles. The van der Waals surface area contributed by atoms with Crippen LogP contribution in [0.5, 0.6) is 0 Å². The van der Waals surface area contributed by atoms with Gasteiger partial charge in [-0.15, -0.1) is 0 Å². The van der Waals surface area contributed by atoms with Gasteiger partial charge in [-0.2, -0.15) is 0 Å². The van der Waals surface area contributed by atoms with E-state index in [1.807, 2.05) is 13.0 Å². The van der Waals surface area contributed by atoms with Gasteiger partial charge < -0.3 is 20.0 Å². The molecule has 1 aromatic carbocycles. The summed E-state index contributed by atoms with van der Waals surface area (Å²) >= 11 is 6.26. The van der Waals surface area contributed by atoms with Crippen molar-refractivity contribution in [3.63, 3.8) is 0 Å². The highest BCUT2D eigenvalue weighted by Crippen LogP contribution is 2.38. The van der Waals surface area contributed by atoms with Crippen LogP contribution in [-0.4, -0.2) is 36.1 Å². The van der Waals surface area contributed by atoms with E-state index in [1.54, 1.807) is 19.1 Å². The van der Waals surface area contributed by atoms with Crippen LogP contribution in [0.4, 0.5) is 5.69 Å². The lowest BCUT2D eigenvalue weighted by Gasteiger charge is -2.32. The Bertz CT molecular complexity index is 1030. The molecule has 0 radical (unpaired) electrons. The largest absolute Gasteiger partial charge is 0.378 e. The Morgan fingerprint density at radius 2 is 1.92 bits per heavy atom. The molecule has 1 aliphatic heterocycles. The standard InChI is InChI=1S/C18H19ClN4O3/c1-10-15(11(2)26-21-10)16-17(22-5-7-25-8-6-22)13-9-12(19)3-4-14(13)23(20)18(16)24/h3-4,9H,5-8,20H2,1-2H3. The average molecular weight is 375 g/mol. The number of morpholine rings is 1. The Morgan fingerprint density at radius 3 is 2.58 bits per heavy atom. The summed E-state index contributed by atoms with van der Waals surface area (Å²) in [6.45, 7) is 6.14.